The van der Waals surface area contributed by atoms with Crippen LogP contribution in [0.25, 0.3) is 5.69 Å². The van der Waals surface area contributed by atoms with Crippen LogP contribution >= 0.6 is 11.8 Å². The fourth-order valence-electron chi connectivity index (χ4n) is 3.62. The van der Waals surface area contributed by atoms with Gasteiger partial charge < -0.3 is 4.90 Å². The van der Waals surface area contributed by atoms with Gasteiger partial charge in [0, 0.05) is 18.3 Å². The number of carbonyl (C=O) groups is 1. The van der Waals surface area contributed by atoms with Gasteiger partial charge in [-0.15, -0.1) is 10.2 Å². The van der Waals surface area contributed by atoms with E-state index in [-0.39, 0.29) is 5.91 Å². The lowest BCUT2D eigenvalue weighted by Crippen LogP contribution is -2.42. The Bertz CT molecular complexity index is 752. The molecule has 0 spiro atoms. The number of benzene rings is 1. The van der Waals surface area contributed by atoms with E-state index in [0.29, 0.717) is 11.8 Å². The van der Waals surface area contributed by atoms with Crippen LogP contribution < -0.4 is 0 Å². The molecule has 6 heteroatoms. The first-order valence-corrected chi connectivity index (χ1v) is 10.5. The second kappa shape index (κ2) is 8.71. The molecule has 26 heavy (non-hydrogen) atoms. The zero-order valence-electron chi connectivity index (χ0n) is 15.9. The predicted octanol–water partition coefficient (Wildman–Crippen LogP) is 4.16. The summed E-state index contributed by atoms with van der Waals surface area (Å²) in [5, 5.41) is 9.04. The Labute approximate surface area is 160 Å². The van der Waals surface area contributed by atoms with E-state index in [1.54, 1.807) is 6.33 Å². The first-order chi connectivity index (χ1) is 12.6. The van der Waals surface area contributed by atoms with Crippen LogP contribution in [-0.2, 0) is 4.79 Å². The molecular formula is C20H28N4OS. The number of amides is 1. The number of carbonyl (C=O) groups excluding carboxylic acids is 1. The summed E-state index contributed by atoms with van der Waals surface area (Å²) >= 11 is 1.47. The highest BCUT2D eigenvalue weighted by atomic mass is 32.2. The second-order valence-electron chi connectivity index (χ2n) is 7.01. The van der Waals surface area contributed by atoms with Crippen molar-refractivity contribution >= 4 is 17.7 Å². The third-order valence-corrected chi connectivity index (χ3v) is 6.21. The van der Waals surface area contributed by atoms with E-state index < -0.39 is 0 Å². The van der Waals surface area contributed by atoms with Crippen LogP contribution in [0.5, 0.6) is 0 Å². The summed E-state index contributed by atoms with van der Waals surface area (Å²) in [6.45, 7) is 7.07. The van der Waals surface area contributed by atoms with Crippen molar-refractivity contribution in [1.29, 1.82) is 0 Å². The van der Waals surface area contributed by atoms with Gasteiger partial charge in [0.25, 0.3) is 0 Å². The van der Waals surface area contributed by atoms with Gasteiger partial charge in [-0.1, -0.05) is 37.1 Å². The maximum Gasteiger partial charge on any atom is 0.233 e. The molecular weight excluding hydrogens is 344 g/mol. The fraction of sp³-hybridized carbons (Fsp3) is 0.550. The summed E-state index contributed by atoms with van der Waals surface area (Å²) in [6, 6.07) is 6.72. The molecule has 0 radical (unpaired) electrons. The van der Waals surface area contributed by atoms with Gasteiger partial charge >= 0.3 is 0 Å². The standard InChI is InChI=1S/C20H28N4OS/c1-4-23(17-8-6-5-7-9-17)19(25)13-26-20-22-21-14-24(20)18-11-10-15(2)16(3)12-18/h10-12,14,17H,4-9,13H2,1-3H3. The SMILES string of the molecule is CCN(C(=O)CSc1nncn1-c1ccc(C)c(C)c1)C1CCCCC1. The molecule has 1 amide bonds. The molecule has 0 N–H and O–H groups in total. The molecule has 1 aliphatic carbocycles. The molecule has 1 heterocycles. The maximum absolute atomic E-state index is 12.8. The number of aryl methyl sites for hydroxylation is 2. The van der Waals surface area contributed by atoms with Crippen LogP contribution in [0, 0.1) is 13.8 Å². The van der Waals surface area contributed by atoms with Crippen molar-refractivity contribution in [3.05, 3.63) is 35.7 Å². The molecule has 0 bridgehead atoms. The van der Waals surface area contributed by atoms with E-state index in [0.717, 1.165) is 30.2 Å². The van der Waals surface area contributed by atoms with Crippen LogP contribution in [0.3, 0.4) is 0 Å². The molecule has 0 atom stereocenters. The Hall–Kier alpha value is -1.82. The fourth-order valence-corrected chi connectivity index (χ4v) is 4.43. The largest absolute Gasteiger partial charge is 0.339 e. The minimum absolute atomic E-state index is 0.207. The van der Waals surface area contributed by atoms with Gasteiger partial charge in [0.05, 0.1) is 5.75 Å². The van der Waals surface area contributed by atoms with Crippen LogP contribution in [0.1, 0.15) is 50.2 Å². The first-order valence-electron chi connectivity index (χ1n) is 9.50. The predicted molar refractivity (Wildman–Crippen MR) is 106 cm³/mol. The van der Waals surface area contributed by atoms with E-state index in [9.17, 15) is 4.79 Å². The van der Waals surface area contributed by atoms with Crippen LogP contribution in [0.15, 0.2) is 29.7 Å². The van der Waals surface area contributed by atoms with E-state index in [1.807, 2.05) is 4.57 Å². The molecule has 0 saturated heterocycles. The van der Waals surface area contributed by atoms with E-state index in [1.165, 1.54) is 42.2 Å². The Morgan fingerprint density at radius 2 is 2.00 bits per heavy atom. The Balaban J connectivity index is 1.67. The maximum atomic E-state index is 12.8. The minimum Gasteiger partial charge on any atom is -0.339 e. The second-order valence-corrected chi connectivity index (χ2v) is 7.95. The molecule has 1 aliphatic rings. The van der Waals surface area contributed by atoms with Crippen molar-refractivity contribution in [2.75, 3.05) is 12.3 Å². The van der Waals surface area contributed by atoms with E-state index in [2.05, 4.69) is 54.1 Å². The summed E-state index contributed by atoms with van der Waals surface area (Å²) in [5.41, 5.74) is 3.53. The van der Waals surface area contributed by atoms with Gasteiger partial charge in [-0.3, -0.25) is 9.36 Å². The molecule has 3 rings (SSSR count). The Kier molecular flexibility index (Phi) is 6.35. The molecule has 0 unspecified atom stereocenters. The highest BCUT2D eigenvalue weighted by Crippen LogP contribution is 2.25. The summed E-state index contributed by atoms with van der Waals surface area (Å²) in [5.74, 6) is 0.618. The van der Waals surface area contributed by atoms with Crippen LogP contribution in [0.4, 0.5) is 0 Å². The van der Waals surface area contributed by atoms with E-state index >= 15 is 0 Å². The number of hydrogen-bond acceptors (Lipinski definition) is 4. The lowest BCUT2D eigenvalue weighted by Gasteiger charge is -2.33. The molecule has 1 aromatic carbocycles. The summed E-state index contributed by atoms with van der Waals surface area (Å²) < 4.78 is 1.96. The van der Waals surface area contributed by atoms with Gasteiger partial charge in [-0.05, 0) is 56.9 Å². The molecule has 140 valence electrons. The molecule has 1 saturated carbocycles. The zero-order valence-corrected chi connectivity index (χ0v) is 16.8. The van der Waals surface area contributed by atoms with Crippen molar-refractivity contribution in [3.63, 3.8) is 0 Å². The molecule has 1 fully saturated rings. The summed E-state index contributed by atoms with van der Waals surface area (Å²) in [6.07, 6.45) is 7.78. The molecule has 2 aromatic rings. The van der Waals surface area contributed by atoms with Crippen LogP contribution in [0.2, 0.25) is 0 Å². The topological polar surface area (TPSA) is 51.0 Å². The van der Waals surface area contributed by atoms with Crippen molar-refractivity contribution in [3.8, 4) is 5.69 Å². The number of rotatable bonds is 6. The third-order valence-electron chi connectivity index (χ3n) is 5.29. The third kappa shape index (κ3) is 4.29. The first kappa shape index (κ1) is 19.0. The average Bonchev–Trinajstić information content (AvgIpc) is 3.12. The normalized spacial score (nSPS) is 15.2. The van der Waals surface area contributed by atoms with Crippen molar-refractivity contribution in [1.82, 2.24) is 19.7 Å². The van der Waals surface area contributed by atoms with Gasteiger partial charge in [-0.2, -0.15) is 0 Å². The summed E-state index contributed by atoms with van der Waals surface area (Å²) in [7, 11) is 0. The van der Waals surface area contributed by atoms with Gasteiger partial charge in [0.1, 0.15) is 6.33 Å². The number of thioether (sulfide) groups is 1. The smallest absolute Gasteiger partial charge is 0.233 e. The zero-order chi connectivity index (χ0) is 18.5. The number of aromatic nitrogens is 3. The van der Waals surface area contributed by atoms with Crippen molar-refractivity contribution in [2.24, 2.45) is 0 Å². The average molecular weight is 373 g/mol. The van der Waals surface area contributed by atoms with Crippen LogP contribution in [-0.4, -0.2) is 43.9 Å². The molecule has 0 aliphatic heterocycles. The molecule has 5 nitrogen and oxygen atoms in total. The quantitative estimate of drug-likeness (QED) is 0.715. The lowest BCUT2D eigenvalue weighted by atomic mass is 9.94. The van der Waals surface area contributed by atoms with Gasteiger partial charge in [0.15, 0.2) is 5.16 Å². The Morgan fingerprint density at radius 3 is 2.69 bits per heavy atom. The lowest BCUT2D eigenvalue weighted by molar-refractivity contribution is -0.131. The highest BCUT2D eigenvalue weighted by molar-refractivity contribution is 7.99. The Morgan fingerprint density at radius 1 is 1.23 bits per heavy atom. The molecule has 1 aromatic heterocycles. The summed E-state index contributed by atoms with van der Waals surface area (Å²) in [4.78, 5) is 14.8. The highest BCUT2D eigenvalue weighted by Gasteiger charge is 2.24. The van der Waals surface area contributed by atoms with Crippen molar-refractivity contribution < 1.29 is 4.79 Å². The van der Waals surface area contributed by atoms with Gasteiger partial charge in [-0.25, -0.2) is 0 Å². The van der Waals surface area contributed by atoms with Crippen molar-refractivity contribution in [2.45, 2.75) is 64.1 Å². The monoisotopic (exact) mass is 372 g/mol. The van der Waals surface area contributed by atoms with Gasteiger partial charge in [0.2, 0.25) is 5.91 Å². The minimum atomic E-state index is 0.207. The number of hydrogen-bond donors (Lipinski definition) is 0. The van der Waals surface area contributed by atoms with E-state index in [4.69, 9.17) is 0 Å². The number of nitrogens with zero attached hydrogens (tertiary/aromatic N) is 4.